The number of anilines is 3. The second-order valence-electron chi connectivity index (χ2n) is 18.4. The van der Waals surface area contributed by atoms with Crippen LogP contribution < -0.4 is 4.90 Å². The van der Waals surface area contributed by atoms with Crippen molar-refractivity contribution in [3.63, 3.8) is 0 Å². The molecule has 0 fully saturated rings. The van der Waals surface area contributed by atoms with Gasteiger partial charge < -0.3 is 4.90 Å². The third kappa shape index (κ3) is 5.03. The van der Waals surface area contributed by atoms with Gasteiger partial charge >= 0.3 is 0 Å². The maximum absolute atomic E-state index is 2.54. The van der Waals surface area contributed by atoms with Gasteiger partial charge in [0.1, 0.15) is 0 Å². The summed E-state index contributed by atoms with van der Waals surface area (Å²) in [5.74, 6) is 0. The molecule has 0 radical (unpaired) electrons. The lowest BCUT2D eigenvalue weighted by Gasteiger charge is -2.46. The summed E-state index contributed by atoms with van der Waals surface area (Å²) in [5.41, 5.74) is 23.6. The van der Waals surface area contributed by atoms with Crippen molar-refractivity contribution in [2.24, 2.45) is 0 Å². The minimum atomic E-state index is -0.543. The van der Waals surface area contributed by atoms with E-state index >= 15 is 0 Å². The van der Waals surface area contributed by atoms with Crippen molar-refractivity contribution < 1.29 is 0 Å². The van der Waals surface area contributed by atoms with Crippen LogP contribution in [0.25, 0.3) is 44.5 Å². The van der Waals surface area contributed by atoms with Crippen molar-refractivity contribution in [2.45, 2.75) is 43.9 Å². The quantitative estimate of drug-likeness (QED) is 0.168. The van der Waals surface area contributed by atoms with E-state index in [0.717, 1.165) is 17.1 Å². The van der Waals surface area contributed by atoms with Crippen LogP contribution in [0, 0.1) is 0 Å². The summed E-state index contributed by atoms with van der Waals surface area (Å²) in [5, 5.41) is 0. The van der Waals surface area contributed by atoms with Crippen molar-refractivity contribution >= 4 is 17.1 Å². The second-order valence-corrected chi connectivity index (χ2v) is 18.4. The molecule has 9 aromatic carbocycles. The van der Waals surface area contributed by atoms with Crippen molar-refractivity contribution in [2.75, 3.05) is 4.90 Å². The SMILES string of the molecule is CC1(C)c2ccccc2-c2ccc(N(c3ccc(-c4ccccc4)cc3)c3ccc4c(c3)C3(c5ccccc5C(C)(C)c5ccccc53)c3cccc(-c5ccccc5)c3-4)cc21. The normalized spacial score (nSPS) is 15.2. The van der Waals surface area contributed by atoms with Gasteiger partial charge in [0.25, 0.3) is 0 Å². The first-order chi connectivity index (χ1) is 30.3. The molecule has 0 heterocycles. The second kappa shape index (κ2) is 13.4. The molecule has 3 aliphatic rings. The lowest BCUT2D eigenvalue weighted by Crippen LogP contribution is -2.40. The number of benzene rings is 9. The topological polar surface area (TPSA) is 3.24 Å². The van der Waals surface area contributed by atoms with Gasteiger partial charge in [-0.2, -0.15) is 0 Å². The van der Waals surface area contributed by atoms with Crippen molar-refractivity contribution in [1.82, 2.24) is 0 Å². The molecule has 296 valence electrons. The van der Waals surface area contributed by atoms with Crippen LogP contribution in [0.4, 0.5) is 17.1 Å². The van der Waals surface area contributed by atoms with E-state index in [4.69, 9.17) is 0 Å². The van der Waals surface area contributed by atoms with Gasteiger partial charge in [0.05, 0.1) is 5.41 Å². The fourth-order valence-electron chi connectivity index (χ4n) is 11.7. The highest BCUT2D eigenvalue weighted by Crippen LogP contribution is 2.64. The highest BCUT2D eigenvalue weighted by molar-refractivity contribution is 5.98. The summed E-state index contributed by atoms with van der Waals surface area (Å²) in [4.78, 5) is 2.49. The fourth-order valence-corrected chi connectivity index (χ4v) is 11.7. The monoisotopic (exact) mass is 793 g/mol. The Kier molecular flexibility index (Phi) is 7.91. The van der Waals surface area contributed by atoms with E-state index in [1.54, 1.807) is 0 Å². The molecule has 1 spiro atoms. The zero-order valence-electron chi connectivity index (χ0n) is 35.7. The minimum absolute atomic E-state index is 0.134. The number of rotatable bonds is 5. The first-order valence-electron chi connectivity index (χ1n) is 22.0. The highest BCUT2D eigenvalue weighted by Gasteiger charge is 2.54. The Bertz CT molecular complexity index is 3170. The van der Waals surface area contributed by atoms with Crippen molar-refractivity contribution in [3.8, 4) is 44.5 Å². The lowest BCUT2D eigenvalue weighted by molar-refractivity contribution is 0.563. The van der Waals surface area contributed by atoms with Gasteiger partial charge in [-0.15, -0.1) is 0 Å². The van der Waals surface area contributed by atoms with Gasteiger partial charge in [-0.25, -0.2) is 0 Å². The number of hydrogen-bond donors (Lipinski definition) is 0. The van der Waals surface area contributed by atoms with Gasteiger partial charge in [0.2, 0.25) is 0 Å². The minimum Gasteiger partial charge on any atom is -0.310 e. The van der Waals surface area contributed by atoms with Crippen LogP contribution >= 0.6 is 0 Å². The van der Waals surface area contributed by atoms with Gasteiger partial charge in [-0.1, -0.05) is 204 Å². The molecule has 0 amide bonds. The molecule has 12 rings (SSSR count). The average Bonchev–Trinajstić information content (AvgIpc) is 3.74. The molecule has 0 saturated carbocycles. The number of fused-ring (bicyclic) bond motifs is 12. The molecule has 0 saturated heterocycles. The van der Waals surface area contributed by atoms with Gasteiger partial charge in [0.15, 0.2) is 0 Å². The largest absolute Gasteiger partial charge is 0.310 e. The van der Waals surface area contributed by atoms with Crippen LogP contribution in [0.5, 0.6) is 0 Å². The van der Waals surface area contributed by atoms with Gasteiger partial charge in [-0.05, 0) is 125 Å². The molecular formula is C61H47N. The number of nitrogens with zero attached hydrogens (tertiary/aromatic N) is 1. The predicted octanol–water partition coefficient (Wildman–Crippen LogP) is 15.8. The summed E-state index contributed by atoms with van der Waals surface area (Å²) in [6.45, 7) is 9.56. The molecule has 0 aliphatic heterocycles. The maximum atomic E-state index is 2.54. The van der Waals surface area contributed by atoms with Crippen LogP contribution in [0.2, 0.25) is 0 Å². The zero-order valence-corrected chi connectivity index (χ0v) is 35.7. The van der Waals surface area contributed by atoms with Crippen LogP contribution in [0.3, 0.4) is 0 Å². The summed E-state index contributed by atoms with van der Waals surface area (Å²) >= 11 is 0. The molecule has 1 nitrogen and oxygen atoms in total. The standard InChI is InChI=1S/C61H47N/c1-59(2)50-24-12-11-22-47(50)48-36-34-44(38-56(48)59)62(43-32-30-41(31-33-43)40-18-7-5-8-19-40)45-35-37-49-57(39-45)61(55-29-17-23-46(58(49)55)42-20-9-6-10-21-42)53-27-15-13-25-51(53)60(3,4)52-26-14-16-28-54(52)61/h5-39H,1-4H3. The van der Waals surface area contributed by atoms with E-state index in [1.165, 1.54) is 89.0 Å². The Balaban J connectivity index is 1.14. The third-order valence-electron chi connectivity index (χ3n) is 14.6. The third-order valence-corrected chi connectivity index (χ3v) is 14.6. The summed E-state index contributed by atoms with van der Waals surface area (Å²) in [6, 6.07) is 79.7. The molecular weight excluding hydrogens is 747 g/mol. The van der Waals surface area contributed by atoms with E-state index in [2.05, 4.69) is 245 Å². The van der Waals surface area contributed by atoms with E-state index in [-0.39, 0.29) is 10.8 Å². The molecule has 3 aliphatic carbocycles. The molecule has 9 aromatic rings. The molecule has 1 heteroatoms. The molecule has 0 aromatic heterocycles. The molecule has 0 N–H and O–H groups in total. The summed E-state index contributed by atoms with van der Waals surface area (Å²) in [6.07, 6.45) is 0. The first kappa shape index (κ1) is 36.6. The Morgan fingerprint density at radius 2 is 0.710 bits per heavy atom. The highest BCUT2D eigenvalue weighted by atomic mass is 15.1. The average molecular weight is 794 g/mol. The van der Waals surface area contributed by atoms with Crippen molar-refractivity contribution in [3.05, 3.63) is 257 Å². The van der Waals surface area contributed by atoms with Crippen LogP contribution in [-0.4, -0.2) is 0 Å². The Morgan fingerprint density at radius 3 is 1.35 bits per heavy atom. The molecule has 62 heavy (non-hydrogen) atoms. The summed E-state index contributed by atoms with van der Waals surface area (Å²) < 4.78 is 0. The van der Waals surface area contributed by atoms with Gasteiger partial charge in [0, 0.05) is 27.9 Å². The van der Waals surface area contributed by atoms with E-state index in [0.29, 0.717) is 0 Å². The molecule has 0 unspecified atom stereocenters. The molecule has 0 bridgehead atoms. The maximum Gasteiger partial charge on any atom is 0.0720 e. The Hall–Kier alpha value is -7.22. The fraction of sp³-hybridized carbons (Fsp3) is 0.115. The van der Waals surface area contributed by atoms with Crippen LogP contribution in [0.1, 0.15) is 72.2 Å². The molecule has 0 atom stereocenters. The number of hydrogen-bond acceptors (Lipinski definition) is 1. The van der Waals surface area contributed by atoms with Gasteiger partial charge in [-0.3, -0.25) is 0 Å². The zero-order chi connectivity index (χ0) is 41.8. The van der Waals surface area contributed by atoms with Crippen LogP contribution in [-0.2, 0) is 16.2 Å². The Labute approximate surface area is 365 Å². The van der Waals surface area contributed by atoms with Crippen molar-refractivity contribution in [1.29, 1.82) is 0 Å². The lowest BCUT2D eigenvalue weighted by atomic mass is 9.55. The van der Waals surface area contributed by atoms with E-state index in [1.807, 2.05) is 0 Å². The first-order valence-corrected chi connectivity index (χ1v) is 22.0. The smallest absolute Gasteiger partial charge is 0.0720 e. The van der Waals surface area contributed by atoms with Crippen LogP contribution in [0.15, 0.2) is 212 Å². The summed E-state index contributed by atoms with van der Waals surface area (Å²) in [7, 11) is 0. The predicted molar refractivity (Wildman–Crippen MR) is 259 cm³/mol. The van der Waals surface area contributed by atoms with E-state index < -0.39 is 5.41 Å². The van der Waals surface area contributed by atoms with E-state index in [9.17, 15) is 0 Å². The Morgan fingerprint density at radius 1 is 0.274 bits per heavy atom.